The second-order valence-electron chi connectivity index (χ2n) is 7.50. The SMILES string of the molecule is CCCCc1ccc(-n2nc3cc(Cl)c(NC(=S)NC(=O)c4cccc(Cl)c4)cc3n2)cc1. The molecule has 0 aliphatic heterocycles. The zero-order valence-corrected chi connectivity index (χ0v) is 20.1. The van der Waals surface area contributed by atoms with Crippen molar-refractivity contribution in [3.63, 3.8) is 0 Å². The first-order valence-electron chi connectivity index (χ1n) is 10.5. The average molecular weight is 498 g/mol. The van der Waals surface area contributed by atoms with Gasteiger partial charge in [0.15, 0.2) is 5.11 Å². The van der Waals surface area contributed by atoms with E-state index < -0.39 is 0 Å². The number of carbonyl (C=O) groups is 1. The number of aromatic nitrogens is 3. The summed E-state index contributed by atoms with van der Waals surface area (Å²) in [7, 11) is 0. The van der Waals surface area contributed by atoms with Crippen LogP contribution >= 0.6 is 35.4 Å². The predicted octanol–water partition coefficient (Wildman–Crippen LogP) is 6.20. The molecule has 0 fully saturated rings. The standard InChI is InChI=1S/C24H21Cl2N5OS/c1-2-3-5-15-8-10-18(11-9-15)31-29-21-13-19(26)20(14-22(21)30-31)27-24(33)28-23(32)16-6-4-7-17(25)12-16/h4,6-14H,2-3,5H2,1H3,(H2,27,28,32,33). The Labute approximate surface area is 206 Å². The highest BCUT2D eigenvalue weighted by Crippen LogP contribution is 2.27. The molecule has 6 nitrogen and oxygen atoms in total. The molecule has 4 aromatic rings. The fraction of sp³-hybridized carbons (Fsp3) is 0.167. The Balaban J connectivity index is 1.49. The van der Waals surface area contributed by atoms with Gasteiger partial charge in [-0.3, -0.25) is 10.1 Å². The summed E-state index contributed by atoms with van der Waals surface area (Å²) in [6, 6.07) is 18.3. The van der Waals surface area contributed by atoms with Crippen LogP contribution < -0.4 is 10.6 Å². The van der Waals surface area contributed by atoms with E-state index in [-0.39, 0.29) is 11.0 Å². The zero-order valence-electron chi connectivity index (χ0n) is 17.8. The van der Waals surface area contributed by atoms with E-state index >= 15 is 0 Å². The van der Waals surface area contributed by atoms with Gasteiger partial charge in [0, 0.05) is 10.6 Å². The van der Waals surface area contributed by atoms with Gasteiger partial charge in [-0.05, 0) is 73.1 Å². The summed E-state index contributed by atoms with van der Waals surface area (Å²) >= 11 is 17.6. The maximum atomic E-state index is 12.4. The van der Waals surface area contributed by atoms with Crippen LogP contribution in [0.2, 0.25) is 10.0 Å². The van der Waals surface area contributed by atoms with Gasteiger partial charge in [-0.2, -0.15) is 4.80 Å². The number of aryl methyl sites for hydroxylation is 1. The Kier molecular flexibility index (Phi) is 7.23. The molecule has 0 radical (unpaired) electrons. The molecule has 9 heteroatoms. The first-order valence-corrected chi connectivity index (χ1v) is 11.6. The molecule has 1 amide bonds. The molecule has 0 saturated heterocycles. The molecule has 3 aromatic carbocycles. The summed E-state index contributed by atoms with van der Waals surface area (Å²) in [6.45, 7) is 2.18. The Bertz CT molecular complexity index is 1320. The summed E-state index contributed by atoms with van der Waals surface area (Å²) < 4.78 is 0. The van der Waals surface area contributed by atoms with Gasteiger partial charge in [0.25, 0.3) is 5.91 Å². The number of hydrogen-bond acceptors (Lipinski definition) is 4. The number of halogens is 2. The molecular formula is C24H21Cl2N5OS. The minimum absolute atomic E-state index is 0.108. The number of nitrogens with one attached hydrogen (secondary N) is 2. The fourth-order valence-corrected chi connectivity index (χ4v) is 3.88. The first-order chi connectivity index (χ1) is 15.9. The van der Waals surface area contributed by atoms with Gasteiger partial charge in [0.2, 0.25) is 0 Å². The van der Waals surface area contributed by atoms with Crippen LogP contribution in [-0.4, -0.2) is 26.0 Å². The highest BCUT2D eigenvalue weighted by atomic mass is 35.5. The number of thiocarbonyl (C=S) groups is 1. The minimum atomic E-state index is -0.375. The number of hydrogen-bond donors (Lipinski definition) is 2. The smallest absolute Gasteiger partial charge is 0.257 e. The van der Waals surface area contributed by atoms with Crippen LogP contribution in [0.15, 0.2) is 60.7 Å². The van der Waals surface area contributed by atoms with Crippen LogP contribution in [0.4, 0.5) is 5.69 Å². The van der Waals surface area contributed by atoms with E-state index in [0.29, 0.717) is 32.3 Å². The first kappa shape index (κ1) is 23.2. The van der Waals surface area contributed by atoms with Crippen molar-refractivity contribution < 1.29 is 4.79 Å². The van der Waals surface area contributed by atoms with Crippen LogP contribution in [-0.2, 0) is 6.42 Å². The summed E-state index contributed by atoms with van der Waals surface area (Å²) in [5.41, 5.74) is 4.36. The number of unbranched alkanes of at least 4 members (excludes halogenated alkanes) is 1. The molecule has 0 aliphatic carbocycles. The molecular weight excluding hydrogens is 477 g/mol. The van der Waals surface area contributed by atoms with Crippen LogP contribution in [0.5, 0.6) is 0 Å². The molecule has 0 unspecified atom stereocenters. The van der Waals surface area contributed by atoms with Gasteiger partial charge in [-0.1, -0.05) is 54.7 Å². The molecule has 2 N–H and O–H groups in total. The number of rotatable bonds is 6. The van der Waals surface area contributed by atoms with Crippen molar-refractivity contribution in [2.75, 3.05) is 5.32 Å². The molecule has 1 heterocycles. The molecule has 0 atom stereocenters. The molecule has 0 spiro atoms. The van der Waals surface area contributed by atoms with E-state index in [2.05, 4.69) is 39.9 Å². The highest BCUT2D eigenvalue weighted by Gasteiger charge is 2.13. The average Bonchev–Trinajstić information content (AvgIpc) is 3.20. The lowest BCUT2D eigenvalue weighted by Gasteiger charge is -2.11. The molecule has 4 rings (SSSR count). The number of carbonyl (C=O) groups excluding carboxylic acids is 1. The van der Waals surface area contributed by atoms with Crippen molar-refractivity contribution >= 4 is 63.2 Å². The monoisotopic (exact) mass is 497 g/mol. The van der Waals surface area contributed by atoms with Crippen molar-refractivity contribution in [1.29, 1.82) is 0 Å². The second kappa shape index (κ2) is 10.3. The Morgan fingerprint density at radius 2 is 1.76 bits per heavy atom. The lowest BCUT2D eigenvalue weighted by atomic mass is 10.1. The normalized spacial score (nSPS) is 10.9. The van der Waals surface area contributed by atoms with Gasteiger partial charge >= 0.3 is 0 Å². The number of amides is 1. The van der Waals surface area contributed by atoms with Crippen LogP contribution in [0.3, 0.4) is 0 Å². The van der Waals surface area contributed by atoms with E-state index in [0.717, 1.165) is 12.1 Å². The summed E-state index contributed by atoms with van der Waals surface area (Å²) in [5, 5.41) is 15.6. The predicted molar refractivity (Wildman–Crippen MR) is 138 cm³/mol. The third-order valence-corrected chi connectivity index (χ3v) is 5.77. The Morgan fingerprint density at radius 3 is 2.45 bits per heavy atom. The maximum absolute atomic E-state index is 12.4. The van der Waals surface area contributed by atoms with Crippen LogP contribution in [0.1, 0.15) is 35.7 Å². The third-order valence-electron chi connectivity index (χ3n) is 5.02. The summed E-state index contributed by atoms with van der Waals surface area (Å²) in [6.07, 6.45) is 3.39. The van der Waals surface area contributed by atoms with Crippen molar-refractivity contribution in [2.24, 2.45) is 0 Å². The zero-order chi connectivity index (χ0) is 23.4. The van der Waals surface area contributed by atoms with E-state index in [9.17, 15) is 4.79 Å². The molecule has 33 heavy (non-hydrogen) atoms. The van der Waals surface area contributed by atoms with Crippen LogP contribution in [0.25, 0.3) is 16.7 Å². The van der Waals surface area contributed by atoms with Crippen LogP contribution in [0, 0.1) is 0 Å². The summed E-state index contributed by atoms with van der Waals surface area (Å²) in [4.78, 5) is 14.0. The number of benzene rings is 3. The van der Waals surface area contributed by atoms with Crippen molar-refractivity contribution in [2.45, 2.75) is 26.2 Å². The topological polar surface area (TPSA) is 71.8 Å². The molecule has 0 aliphatic rings. The van der Waals surface area contributed by atoms with E-state index in [4.69, 9.17) is 35.4 Å². The maximum Gasteiger partial charge on any atom is 0.257 e. The van der Waals surface area contributed by atoms with Gasteiger partial charge in [0.05, 0.1) is 16.4 Å². The molecule has 0 saturated carbocycles. The largest absolute Gasteiger partial charge is 0.331 e. The fourth-order valence-electron chi connectivity index (χ4n) is 3.28. The minimum Gasteiger partial charge on any atom is -0.331 e. The Morgan fingerprint density at radius 1 is 1.03 bits per heavy atom. The lowest BCUT2D eigenvalue weighted by Crippen LogP contribution is -2.34. The number of nitrogens with zero attached hydrogens (tertiary/aromatic N) is 3. The van der Waals surface area contributed by atoms with E-state index in [1.165, 1.54) is 18.4 Å². The van der Waals surface area contributed by atoms with Gasteiger partial charge < -0.3 is 5.32 Å². The quantitative estimate of drug-likeness (QED) is 0.310. The van der Waals surface area contributed by atoms with Gasteiger partial charge in [-0.25, -0.2) is 0 Å². The number of anilines is 1. The van der Waals surface area contributed by atoms with E-state index in [1.54, 1.807) is 41.2 Å². The molecule has 0 bridgehead atoms. The van der Waals surface area contributed by atoms with Crippen molar-refractivity contribution in [1.82, 2.24) is 20.3 Å². The van der Waals surface area contributed by atoms with Crippen molar-refractivity contribution in [3.05, 3.63) is 81.8 Å². The second-order valence-corrected chi connectivity index (χ2v) is 8.75. The van der Waals surface area contributed by atoms with Crippen molar-refractivity contribution in [3.8, 4) is 5.69 Å². The Hall–Kier alpha value is -3.00. The summed E-state index contributed by atoms with van der Waals surface area (Å²) in [5.74, 6) is -0.375. The molecule has 1 aromatic heterocycles. The van der Waals surface area contributed by atoms with Gasteiger partial charge in [0.1, 0.15) is 11.0 Å². The van der Waals surface area contributed by atoms with E-state index in [1.807, 2.05) is 12.1 Å². The third kappa shape index (κ3) is 5.68. The highest BCUT2D eigenvalue weighted by molar-refractivity contribution is 7.80. The lowest BCUT2D eigenvalue weighted by molar-refractivity contribution is 0.0977. The number of fused-ring (bicyclic) bond motifs is 1. The van der Waals surface area contributed by atoms with Gasteiger partial charge in [-0.15, -0.1) is 10.2 Å². The molecule has 168 valence electrons.